The van der Waals surface area contributed by atoms with Crippen LogP contribution in [0.5, 0.6) is 5.75 Å². The molecule has 0 aliphatic heterocycles. The number of carboxylic acid groups (broad SMARTS) is 1. The molecule has 0 atom stereocenters. The largest absolute Gasteiger partial charge is 0.505 e. The van der Waals surface area contributed by atoms with E-state index >= 15 is 0 Å². The molecule has 1 aromatic carbocycles. The number of carboxylic acids is 1. The number of pyridine rings is 1. The van der Waals surface area contributed by atoms with E-state index in [9.17, 15) is 14.7 Å². The number of hydrogen-bond acceptors (Lipinski definition) is 4. The Hall–Kier alpha value is -2.63. The number of benzene rings is 1. The van der Waals surface area contributed by atoms with Crippen molar-refractivity contribution in [1.29, 1.82) is 0 Å². The highest BCUT2D eigenvalue weighted by Crippen LogP contribution is 2.27. The van der Waals surface area contributed by atoms with Gasteiger partial charge in [-0.15, -0.1) is 0 Å². The second-order valence-corrected chi connectivity index (χ2v) is 3.89. The Morgan fingerprint density at radius 2 is 1.95 bits per heavy atom. The van der Waals surface area contributed by atoms with Crippen LogP contribution < -0.4 is 5.32 Å². The first kappa shape index (κ1) is 12.8. The van der Waals surface area contributed by atoms with Crippen LogP contribution in [-0.4, -0.2) is 33.6 Å². The number of fused-ring (bicyclic) bond motifs is 1. The van der Waals surface area contributed by atoms with Crippen LogP contribution in [0.4, 0.5) is 0 Å². The number of nitrogens with zero attached hydrogens (tertiary/aromatic N) is 1. The van der Waals surface area contributed by atoms with E-state index in [1.54, 1.807) is 13.0 Å². The zero-order chi connectivity index (χ0) is 14.0. The molecule has 2 aromatic rings. The standard InChI is InChI=1S/C13H12N2O4/c1-2-14-12(17)9-6-4-7-3-5-8(13(18)19)11(16)10(7)15-9/h3-6,16H,2H2,1H3,(H,14,17)(H,18,19). The molecule has 0 unspecified atom stereocenters. The molecular weight excluding hydrogens is 248 g/mol. The van der Waals surface area contributed by atoms with Crippen molar-refractivity contribution < 1.29 is 19.8 Å². The molecule has 19 heavy (non-hydrogen) atoms. The summed E-state index contributed by atoms with van der Waals surface area (Å²) in [6.45, 7) is 2.23. The summed E-state index contributed by atoms with van der Waals surface area (Å²) >= 11 is 0. The topological polar surface area (TPSA) is 99.5 Å². The molecule has 1 heterocycles. The molecule has 0 spiro atoms. The maximum Gasteiger partial charge on any atom is 0.339 e. The summed E-state index contributed by atoms with van der Waals surface area (Å²) in [4.78, 5) is 26.6. The lowest BCUT2D eigenvalue weighted by Crippen LogP contribution is -2.23. The van der Waals surface area contributed by atoms with Gasteiger partial charge in [-0.25, -0.2) is 9.78 Å². The lowest BCUT2D eigenvalue weighted by Gasteiger charge is -2.06. The van der Waals surface area contributed by atoms with E-state index < -0.39 is 11.7 Å². The van der Waals surface area contributed by atoms with Crippen molar-refractivity contribution >= 4 is 22.8 Å². The van der Waals surface area contributed by atoms with Gasteiger partial charge in [0.15, 0.2) is 5.75 Å². The van der Waals surface area contributed by atoms with Gasteiger partial charge in [0.05, 0.1) is 0 Å². The molecule has 6 nitrogen and oxygen atoms in total. The van der Waals surface area contributed by atoms with Gasteiger partial charge in [0.2, 0.25) is 0 Å². The smallest absolute Gasteiger partial charge is 0.339 e. The predicted molar refractivity (Wildman–Crippen MR) is 68.4 cm³/mol. The van der Waals surface area contributed by atoms with Crippen LogP contribution in [0.2, 0.25) is 0 Å². The molecule has 0 saturated carbocycles. The predicted octanol–water partition coefficient (Wildman–Crippen LogP) is 1.39. The third-order valence-corrected chi connectivity index (χ3v) is 2.64. The van der Waals surface area contributed by atoms with Crippen molar-refractivity contribution in [3.8, 4) is 5.75 Å². The minimum atomic E-state index is -1.25. The summed E-state index contributed by atoms with van der Waals surface area (Å²) in [6.07, 6.45) is 0. The van der Waals surface area contributed by atoms with Crippen LogP contribution in [0, 0.1) is 0 Å². The average molecular weight is 260 g/mol. The van der Waals surface area contributed by atoms with Gasteiger partial charge in [-0.3, -0.25) is 4.79 Å². The molecule has 1 amide bonds. The monoisotopic (exact) mass is 260 g/mol. The fourth-order valence-corrected chi connectivity index (χ4v) is 1.72. The van der Waals surface area contributed by atoms with Crippen molar-refractivity contribution in [2.24, 2.45) is 0 Å². The number of nitrogens with one attached hydrogen (secondary N) is 1. The summed E-state index contributed by atoms with van der Waals surface area (Å²) in [5, 5.41) is 22.0. The molecule has 0 bridgehead atoms. The van der Waals surface area contributed by atoms with Crippen LogP contribution in [0.15, 0.2) is 24.3 Å². The third-order valence-electron chi connectivity index (χ3n) is 2.64. The van der Waals surface area contributed by atoms with Crippen LogP contribution in [0.3, 0.4) is 0 Å². The molecule has 3 N–H and O–H groups in total. The molecule has 0 fully saturated rings. The Bertz CT molecular complexity index is 667. The maximum absolute atomic E-state index is 11.6. The number of amides is 1. The molecule has 0 aliphatic rings. The second-order valence-electron chi connectivity index (χ2n) is 3.89. The highest BCUT2D eigenvalue weighted by Gasteiger charge is 2.15. The molecule has 0 radical (unpaired) electrons. The third kappa shape index (κ3) is 2.33. The second kappa shape index (κ2) is 4.93. The van der Waals surface area contributed by atoms with Gasteiger partial charge < -0.3 is 15.5 Å². The van der Waals surface area contributed by atoms with Gasteiger partial charge in [-0.05, 0) is 19.1 Å². The average Bonchev–Trinajstić information content (AvgIpc) is 2.38. The fourth-order valence-electron chi connectivity index (χ4n) is 1.72. The number of phenols is 1. The summed E-state index contributed by atoms with van der Waals surface area (Å²) in [5.41, 5.74) is -0.0103. The minimum Gasteiger partial charge on any atom is -0.505 e. The van der Waals surface area contributed by atoms with Crippen molar-refractivity contribution in [2.75, 3.05) is 6.54 Å². The fraction of sp³-hybridized carbons (Fsp3) is 0.154. The Balaban J connectivity index is 2.60. The maximum atomic E-state index is 11.6. The lowest BCUT2D eigenvalue weighted by atomic mass is 10.1. The van der Waals surface area contributed by atoms with E-state index in [1.165, 1.54) is 18.2 Å². The van der Waals surface area contributed by atoms with Gasteiger partial charge in [0.25, 0.3) is 5.91 Å². The molecule has 0 saturated heterocycles. The Labute approximate surface area is 108 Å². The first-order valence-electron chi connectivity index (χ1n) is 5.68. The number of aromatic carboxylic acids is 1. The van der Waals surface area contributed by atoms with Gasteiger partial charge >= 0.3 is 5.97 Å². The molecule has 98 valence electrons. The molecule has 0 aliphatic carbocycles. The van der Waals surface area contributed by atoms with Crippen molar-refractivity contribution in [2.45, 2.75) is 6.92 Å². The highest BCUT2D eigenvalue weighted by molar-refractivity contribution is 6.00. The molecule has 1 aromatic heterocycles. The van der Waals surface area contributed by atoms with Crippen LogP contribution in [0.1, 0.15) is 27.8 Å². The summed E-state index contributed by atoms with van der Waals surface area (Å²) in [7, 11) is 0. The van der Waals surface area contributed by atoms with E-state index in [0.717, 1.165) is 0 Å². The molecule has 2 rings (SSSR count). The number of carbonyl (C=O) groups excluding carboxylic acids is 1. The first-order valence-corrected chi connectivity index (χ1v) is 5.68. The van der Waals surface area contributed by atoms with E-state index in [2.05, 4.69) is 10.3 Å². The van der Waals surface area contributed by atoms with E-state index in [-0.39, 0.29) is 22.7 Å². The van der Waals surface area contributed by atoms with Gasteiger partial charge in [-0.1, -0.05) is 12.1 Å². The number of hydrogen-bond donors (Lipinski definition) is 3. The quantitative estimate of drug-likeness (QED) is 0.774. The number of rotatable bonds is 3. The Morgan fingerprint density at radius 1 is 1.26 bits per heavy atom. The zero-order valence-corrected chi connectivity index (χ0v) is 10.2. The highest BCUT2D eigenvalue weighted by atomic mass is 16.4. The van der Waals surface area contributed by atoms with E-state index in [0.29, 0.717) is 11.9 Å². The summed E-state index contributed by atoms with van der Waals surface area (Å²) < 4.78 is 0. The van der Waals surface area contributed by atoms with Crippen molar-refractivity contribution in [3.05, 3.63) is 35.5 Å². The van der Waals surface area contributed by atoms with Crippen LogP contribution >= 0.6 is 0 Å². The first-order chi connectivity index (χ1) is 9.04. The minimum absolute atomic E-state index is 0.101. The van der Waals surface area contributed by atoms with Crippen molar-refractivity contribution in [1.82, 2.24) is 10.3 Å². The zero-order valence-electron chi connectivity index (χ0n) is 10.2. The number of aromatic nitrogens is 1. The Kier molecular flexibility index (Phi) is 3.33. The van der Waals surface area contributed by atoms with E-state index in [1.807, 2.05) is 0 Å². The number of carbonyl (C=O) groups is 2. The van der Waals surface area contributed by atoms with Gasteiger partial charge in [0, 0.05) is 11.9 Å². The van der Waals surface area contributed by atoms with E-state index in [4.69, 9.17) is 5.11 Å². The van der Waals surface area contributed by atoms with Gasteiger partial charge in [0.1, 0.15) is 16.8 Å². The number of aromatic hydroxyl groups is 1. The lowest BCUT2D eigenvalue weighted by molar-refractivity contribution is 0.0693. The summed E-state index contributed by atoms with van der Waals surface area (Å²) in [5.74, 6) is -2.05. The normalized spacial score (nSPS) is 10.4. The van der Waals surface area contributed by atoms with Gasteiger partial charge in [-0.2, -0.15) is 0 Å². The Morgan fingerprint density at radius 3 is 2.58 bits per heavy atom. The molecule has 6 heteroatoms. The van der Waals surface area contributed by atoms with Crippen LogP contribution in [0.25, 0.3) is 10.9 Å². The SMILES string of the molecule is CCNC(=O)c1ccc2ccc(C(=O)O)c(O)c2n1. The van der Waals surface area contributed by atoms with Crippen LogP contribution in [-0.2, 0) is 0 Å². The molecular formula is C13H12N2O4. The van der Waals surface area contributed by atoms with Crippen molar-refractivity contribution in [3.63, 3.8) is 0 Å². The summed E-state index contributed by atoms with van der Waals surface area (Å²) in [6, 6.07) is 5.96.